The van der Waals surface area contributed by atoms with Crippen LogP contribution in [0.5, 0.6) is 0 Å². The molecular weight excluding hydrogens is 438 g/mol. The van der Waals surface area contributed by atoms with Crippen LogP contribution in [-0.4, -0.2) is 28.2 Å². The van der Waals surface area contributed by atoms with Gasteiger partial charge in [-0.3, -0.25) is 8.77 Å². The van der Waals surface area contributed by atoms with Crippen molar-refractivity contribution in [3.63, 3.8) is 0 Å². The van der Waals surface area contributed by atoms with E-state index in [0.29, 0.717) is 0 Å². The van der Waals surface area contributed by atoms with E-state index in [9.17, 15) is 4.79 Å². The Hall–Kier alpha value is -3.02. The maximum Gasteiger partial charge on any atom is 0.252 e. The molecule has 2 N–H and O–H groups in total. The topological polar surface area (TPSA) is 46.1 Å². The highest BCUT2D eigenvalue weighted by Gasteiger charge is 2.17. The van der Waals surface area contributed by atoms with Gasteiger partial charge in [0.05, 0.1) is 5.52 Å². The van der Waals surface area contributed by atoms with Gasteiger partial charge in [-0.15, -0.1) is 0 Å². The summed E-state index contributed by atoms with van der Waals surface area (Å²) in [5, 5.41) is 7.86. The molecule has 1 amide bonds. The highest BCUT2D eigenvalue weighted by Crippen LogP contribution is 2.24. The van der Waals surface area contributed by atoms with Crippen molar-refractivity contribution in [1.82, 2.24) is 14.6 Å². The fraction of sp³-hybridized carbons (Fsp3) is 0.276. The van der Waals surface area contributed by atoms with Gasteiger partial charge in [-0.1, -0.05) is 73.7 Å². The molecule has 0 radical (unpaired) electrons. The van der Waals surface area contributed by atoms with Crippen molar-refractivity contribution in [1.29, 1.82) is 0 Å². The smallest absolute Gasteiger partial charge is 0.252 e. The molecule has 0 saturated heterocycles. The molecule has 1 unspecified atom stereocenters. The summed E-state index contributed by atoms with van der Waals surface area (Å²) < 4.78 is 2.17. The molecule has 0 fully saturated rings. The Kier molecular flexibility index (Phi) is 8.83. The first-order valence-corrected chi connectivity index (χ1v) is 13.0. The SMILES string of the molecule is CCCSn1ccc2c(C(=O)NC(CCNCc3ccccc3)Cc3ccccc3)cccc21. The maximum absolute atomic E-state index is 13.4. The Balaban J connectivity index is 1.44. The fourth-order valence-electron chi connectivity index (χ4n) is 4.14. The van der Waals surface area contributed by atoms with Crippen molar-refractivity contribution in [3.05, 3.63) is 108 Å². The van der Waals surface area contributed by atoms with Crippen LogP contribution in [0.2, 0.25) is 0 Å². The minimum atomic E-state index is -0.00664. The molecule has 1 heterocycles. The molecular formula is C29H33N3OS. The van der Waals surface area contributed by atoms with Gasteiger partial charge in [-0.25, -0.2) is 0 Å². The number of amides is 1. The Morgan fingerprint density at radius 3 is 2.38 bits per heavy atom. The lowest BCUT2D eigenvalue weighted by molar-refractivity contribution is 0.0936. The lowest BCUT2D eigenvalue weighted by Crippen LogP contribution is -2.38. The second-order valence-corrected chi connectivity index (χ2v) is 9.58. The molecule has 1 aromatic heterocycles. The minimum absolute atomic E-state index is 0.00664. The second kappa shape index (κ2) is 12.4. The van der Waals surface area contributed by atoms with Gasteiger partial charge < -0.3 is 10.6 Å². The molecule has 3 aromatic carbocycles. The van der Waals surface area contributed by atoms with Crippen LogP contribution in [0.15, 0.2) is 91.1 Å². The number of carbonyl (C=O) groups excluding carboxylic acids is 1. The first-order valence-electron chi connectivity index (χ1n) is 12.1. The summed E-state index contributed by atoms with van der Waals surface area (Å²) in [5.41, 5.74) is 4.33. The number of aromatic nitrogens is 1. The third-order valence-electron chi connectivity index (χ3n) is 5.88. The summed E-state index contributed by atoms with van der Waals surface area (Å²) in [5.74, 6) is 1.04. The highest BCUT2D eigenvalue weighted by molar-refractivity contribution is 7.97. The molecule has 0 aliphatic carbocycles. The van der Waals surface area contributed by atoms with Crippen LogP contribution in [0.1, 0.15) is 41.3 Å². The Bertz CT molecular complexity index is 1170. The average molecular weight is 472 g/mol. The number of carbonyl (C=O) groups is 1. The summed E-state index contributed by atoms with van der Waals surface area (Å²) in [6.45, 7) is 3.84. The fourth-order valence-corrected chi connectivity index (χ4v) is 4.96. The predicted molar refractivity (Wildman–Crippen MR) is 144 cm³/mol. The molecule has 34 heavy (non-hydrogen) atoms. The normalized spacial score (nSPS) is 12.0. The third kappa shape index (κ3) is 6.52. The van der Waals surface area contributed by atoms with E-state index in [2.05, 4.69) is 88.4 Å². The summed E-state index contributed by atoms with van der Waals surface area (Å²) in [4.78, 5) is 13.4. The van der Waals surface area contributed by atoms with Crippen molar-refractivity contribution in [3.8, 4) is 0 Å². The number of rotatable bonds is 12. The largest absolute Gasteiger partial charge is 0.349 e. The van der Waals surface area contributed by atoms with Crippen LogP contribution in [0.4, 0.5) is 0 Å². The zero-order valence-electron chi connectivity index (χ0n) is 19.7. The average Bonchev–Trinajstić information content (AvgIpc) is 3.29. The minimum Gasteiger partial charge on any atom is -0.349 e. The standard InChI is InChI=1S/C29H33N3OS/c1-2-20-34-32-19-17-26-27(14-9-15-28(26)32)29(33)31-25(21-23-10-5-3-6-11-23)16-18-30-22-24-12-7-4-8-13-24/h3-15,17,19,25,30H,2,16,18,20-22H2,1H3,(H,31,33). The van der Waals surface area contributed by atoms with Crippen molar-refractivity contribution < 1.29 is 4.79 Å². The number of benzene rings is 3. The molecule has 1 atom stereocenters. The van der Waals surface area contributed by atoms with E-state index < -0.39 is 0 Å². The molecule has 4 nitrogen and oxygen atoms in total. The van der Waals surface area contributed by atoms with Gasteiger partial charge in [0.1, 0.15) is 0 Å². The van der Waals surface area contributed by atoms with Crippen LogP contribution in [0.3, 0.4) is 0 Å². The lowest BCUT2D eigenvalue weighted by Gasteiger charge is -2.20. The zero-order chi connectivity index (χ0) is 23.6. The molecule has 4 rings (SSSR count). The summed E-state index contributed by atoms with van der Waals surface area (Å²) in [6.07, 6.45) is 4.85. The molecule has 0 bridgehead atoms. The maximum atomic E-state index is 13.4. The van der Waals surface area contributed by atoms with E-state index in [1.807, 2.05) is 24.3 Å². The molecule has 0 aliphatic heterocycles. The van der Waals surface area contributed by atoms with Gasteiger partial charge in [0.25, 0.3) is 5.91 Å². The van der Waals surface area contributed by atoms with Gasteiger partial charge in [-0.2, -0.15) is 0 Å². The lowest BCUT2D eigenvalue weighted by atomic mass is 10.0. The summed E-state index contributed by atoms with van der Waals surface area (Å²) in [6, 6.07) is 28.9. The Morgan fingerprint density at radius 1 is 0.912 bits per heavy atom. The first-order chi connectivity index (χ1) is 16.7. The molecule has 176 valence electrons. The highest BCUT2D eigenvalue weighted by atomic mass is 32.2. The van der Waals surface area contributed by atoms with E-state index in [1.165, 1.54) is 11.1 Å². The van der Waals surface area contributed by atoms with Crippen molar-refractivity contribution in [2.45, 2.75) is 38.8 Å². The number of hydrogen-bond acceptors (Lipinski definition) is 3. The van der Waals surface area contributed by atoms with Gasteiger partial charge in [0, 0.05) is 35.5 Å². The van der Waals surface area contributed by atoms with E-state index >= 15 is 0 Å². The number of fused-ring (bicyclic) bond motifs is 1. The Morgan fingerprint density at radius 2 is 1.65 bits per heavy atom. The quantitative estimate of drug-likeness (QED) is 0.247. The number of nitrogens with zero attached hydrogens (tertiary/aromatic N) is 1. The van der Waals surface area contributed by atoms with Crippen LogP contribution < -0.4 is 10.6 Å². The van der Waals surface area contributed by atoms with E-state index in [4.69, 9.17) is 0 Å². The second-order valence-electron chi connectivity index (χ2n) is 8.52. The van der Waals surface area contributed by atoms with E-state index in [0.717, 1.165) is 54.6 Å². The van der Waals surface area contributed by atoms with Crippen molar-refractivity contribution >= 4 is 28.8 Å². The van der Waals surface area contributed by atoms with Crippen LogP contribution in [0, 0.1) is 0 Å². The number of nitrogens with one attached hydrogen (secondary N) is 2. The molecule has 4 aromatic rings. The molecule has 0 spiro atoms. The van der Waals surface area contributed by atoms with Crippen LogP contribution in [0.25, 0.3) is 10.9 Å². The molecule has 0 aliphatic rings. The van der Waals surface area contributed by atoms with Gasteiger partial charge in [-0.05, 0) is 67.1 Å². The van der Waals surface area contributed by atoms with Gasteiger partial charge in [0.2, 0.25) is 0 Å². The number of hydrogen-bond donors (Lipinski definition) is 2. The summed E-state index contributed by atoms with van der Waals surface area (Å²) in [7, 11) is 0. The first kappa shape index (κ1) is 24.1. The Labute approximate surface area is 206 Å². The van der Waals surface area contributed by atoms with E-state index in [-0.39, 0.29) is 11.9 Å². The van der Waals surface area contributed by atoms with E-state index in [1.54, 1.807) is 11.9 Å². The summed E-state index contributed by atoms with van der Waals surface area (Å²) >= 11 is 1.78. The third-order valence-corrected chi connectivity index (χ3v) is 7.07. The van der Waals surface area contributed by atoms with Crippen LogP contribution in [-0.2, 0) is 13.0 Å². The van der Waals surface area contributed by atoms with Gasteiger partial charge >= 0.3 is 0 Å². The molecule has 5 heteroatoms. The van der Waals surface area contributed by atoms with Crippen LogP contribution >= 0.6 is 11.9 Å². The zero-order valence-corrected chi connectivity index (χ0v) is 20.6. The molecule has 0 saturated carbocycles. The van der Waals surface area contributed by atoms with Gasteiger partial charge in [0.15, 0.2) is 0 Å². The predicted octanol–water partition coefficient (Wildman–Crippen LogP) is 6.07. The monoisotopic (exact) mass is 471 g/mol. The van der Waals surface area contributed by atoms with Crippen molar-refractivity contribution in [2.24, 2.45) is 0 Å². The van der Waals surface area contributed by atoms with Crippen molar-refractivity contribution in [2.75, 3.05) is 12.3 Å².